The Morgan fingerprint density at radius 2 is 1.41 bits per heavy atom. The number of benzene rings is 3. The zero-order valence-electron chi connectivity index (χ0n) is 22.0. The number of carbonyl (C=O) groups excluding carboxylic acids is 2. The maximum atomic E-state index is 14.6. The summed E-state index contributed by atoms with van der Waals surface area (Å²) in [5.74, 6) is 0.331. The first-order chi connectivity index (χ1) is 18.1. The highest BCUT2D eigenvalue weighted by Gasteiger charge is 2.53. The molecule has 2 heterocycles. The van der Waals surface area contributed by atoms with Crippen LogP contribution in [0.2, 0.25) is 0 Å². The molecule has 1 amide bonds. The van der Waals surface area contributed by atoms with E-state index in [4.69, 9.17) is 0 Å². The lowest BCUT2D eigenvalue weighted by molar-refractivity contribution is -0.122. The van der Waals surface area contributed by atoms with Crippen LogP contribution in [0.15, 0.2) is 66.7 Å². The molecule has 0 radical (unpaired) electrons. The Hall–Kier alpha value is -3.24. The molecule has 4 nitrogen and oxygen atoms in total. The number of amides is 1. The van der Waals surface area contributed by atoms with E-state index in [1.807, 2.05) is 17.1 Å². The number of hydrogen-bond acceptors (Lipinski definition) is 3. The number of ketones is 1. The number of hydrazine groups is 1. The molecule has 1 atom stereocenters. The summed E-state index contributed by atoms with van der Waals surface area (Å²) in [6.45, 7) is 6.19. The number of Topliss-reactive ketones (excluding diaryl/α,β-unsaturated/α-hetero) is 1. The molecule has 3 aromatic carbocycles. The molecule has 1 fully saturated rings. The summed E-state index contributed by atoms with van der Waals surface area (Å²) in [6.07, 6.45) is 6.49. The van der Waals surface area contributed by atoms with Gasteiger partial charge in [-0.15, -0.1) is 0 Å². The average molecular weight is 493 g/mol. The van der Waals surface area contributed by atoms with Crippen LogP contribution in [-0.4, -0.2) is 34.8 Å². The third-order valence-electron chi connectivity index (χ3n) is 8.67. The summed E-state index contributed by atoms with van der Waals surface area (Å²) in [7, 11) is 0. The van der Waals surface area contributed by atoms with Crippen LogP contribution in [0.1, 0.15) is 97.4 Å². The van der Waals surface area contributed by atoms with Gasteiger partial charge >= 0.3 is 0 Å². The monoisotopic (exact) mass is 492 g/mol. The number of carbonyl (C=O) groups is 2. The number of hydrogen-bond donors (Lipinski definition) is 0. The highest BCUT2D eigenvalue weighted by Crippen LogP contribution is 2.56. The van der Waals surface area contributed by atoms with E-state index in [9.17, 15) is 9.59 Å². The zero-order valence-corrected chi connectivity index (χ0v) is 22.0. The fourth-order valence-electron chi connectivity index (χ4n) is 6.83. The molecule has 37 heavy (non-hydrogen) atoms. The van der Waals surface area contributed by atoms with Crippen molar-refractivity contribution in [2.45, 2.75) is 70.3 Å². The van der Waals surface area contributed by atoms with Crippen molar-refractivity contribution in [1.82, 2.24) is 10.0 Å². The molecule has 4 heteroatoms. The van der Waals surface area contributed by atoms with Gasteiger partial charge in [0, 0.05) is 25.1 Å². The lowest BCUT2D eigenvalue weighted by Gasteiger charge is -2.42. The molecule has 0 N–H and O–H groups in total. The highest BCUT2D eigenvalue weighted by molar-refractivity contribution is 6.07. The van der Waals surface area contributed by atoms with E-state index in [0.29, 0.717) is 6.42 Å². The second-order valence-corrected chi connectivity index (χ2v) is 10.7. The Morgan fingerprint density at radius 1 is 0.811 bits per heavy atom. The molecular formula is C33H36N2O2. The van der Waals surface area contributed by atoms with E-state index in [1.54, 1.807) is 0 Å². The van der Waals surface area contributed by atoms with Crippen LogP contribution in [-0.2, 0) is 10.2 Å². The van der Waals surface area contributed by atoms with Crippen LogP contribution in [0.25, 0.3) is 11.1 Å². The first-order valence-corrected chi connectivity index (χ1v) is 14.1. The molecule has 190 valence electrons. The van der Waals surface area contributed by atoms with Gasteiger partial charge in [0.05, 0.1) is 6.04 Å². The predicted octanol–water partition coefficient (Wildman–Crippen LogP) is 7.07. The lowest BCUT2D eigenvalue weighted by Crippen LogP contribution is -2.52. The molecule has 3 aromatic rings. The number of rotatable bonds is 9. The molecule has 1 aliphatic carbocycles. The topological polar surface area (TPSA) is 40.6 Å². The van der Waals surface area contributed by atoms with E-state index in [1.165, 1.54) is 0 Å². The number of nitrogens with zero attached hydrogens (tertiary/aromatic N) is 2. The molecule has 0 aromatic heterocycles. The van der Waals surface area contributed by atoms with Gasteiger partial charge in [-0.1, -0.05) is 93.8 Å². The lowest BCUT2D eigenvalue weighted by atomic mass is 9.66. The van der Waals surface area contributed by atoms with Crippen LogP contribution in [0.3, 0.4) is 0 Å². The minimum atomic E-state index is -0.899. The van der Waals surface area contributed by atoms with Crippen molar-refractivity contribution < 1.29 is 9.59 Å². The normalized spacial score (nSPS) is 19.4. The fraction of sp³-hybridized carbons (Fsp3) is 0.394. The quantitative estimate of drug-likeness (QED) is 0.321. The fourth-order valence-corrected chi connectivity index (χ4v) is 6.83. The van der Waals surface area contributed by atoms with Crippen LogP contribution in [0.5, 0.6) is 0 Å². The van der Waals surface area contributed by atoms with Crippen LogP contribution < -0.4 is 0 Å². The second-order valence-electron chi connectivity index (χ2n) is 10.7. The van der Waals surface area contributed by atoms with Crippen molar-refractivity contribution in [3.63, 3.8) is 0 Å². The average Bonchev–Trinajstić information content (AvgIpc) is 3.35. The van der Waals surface area contributed by atoms with E-state index in [-0.39, 0.29) is 17.7 Å². The van der Waals surface area contributed by atoms with Gasteiger partial charge in [0.15, 0.2) is 5.78 Å². The van der Waals surface area contributed by atoms with Crippen LogP contribution >= 0.6 is 0 Å². The van der Waals surface area contributed by atoms with Gasteiger partial charge in [-0.05, 0) is 58.7 Å². The van der Waals surface area contributed by atoms with Gasteiger partial charge in [-0.25, -0.2) is 5.01 Å². The van der Waals surface area contributed by atoms with Gasteiger partial charge in [0.2, 0.25) is 0 Å². The van der Waals surface area contributed by atoms with Gasteiger partial charge < -0.3 is 0 Å². The van der Waals surface area contributed by atoms with E-state index in [0.717, 1.165) is 90.6 Å². The summed E-state index contributed by atoms with van der Waals surface area (Å²) in [5, 5.41) is 4.25. The Morgan fingerprint density at radius 3 is 2.00 bits per heavy atom. The largest absolute Gasteiger partial charge is 0.298 e. The summed E-state index contributed by atoms with van der Waals surface area (Å²) >= 11 is 0. The molecule has 3 aliphatic rings. The Labute approximate surface area is 220 Å². The zero-order chi connectivity index (χ0) is 25.6. The van der Waals surface area contributed by atoms with Crippen molar-refractivity contribution in [3.8, 4) is 11.1 Å². The maximum absolute atomic E-state index is 14.6. The Kier molecular flexibility index (Phi) is 6.24. The molecule has 2 aliphatic heterocycles. The molecule has 1 saturated heterocycles. The molecule has 0 bridgehead atoms. The maximum Gasteiger partial charge on any atom is 0.269 e. The SMILES string of the molecule is CCCCC(=O)C1(c2cccc3c2C(CCCC)N(N2CCC2)C3=O)c2ccccc2-c2ccccc21. The minimum absolute atomic E-state index is 0.0327. The van der Waals surface area contributed by atoms with E-state index in [2.05, 4.69) is 73.5 Å². The van der Waals surface area contributed by atoms with Gasteiger partial charge in [0.1, 0.15) is 5.41 Å². The van der Waals surface area contributed by atoms with Gasteiger partial charge in [-0.2, -0.15) is 0 Å². The third-order valence-corrected chi connectivity index (χ3v) is 8.67. The van der Waals surface area contributed by atoms with Crippen molar-refractivity contribution in [2.75, 3.05) is 13.1 Å². The first-order valence-electron chi connectivity index (χ1n) is 14.1. The molecule has 6 rings (SSSR count). The second kappa shape index (κ2) is 9.57. The first kappa shape index (κ1) is 24.1. The molecule has 0 spiro atoms. The molecule has 0 saturated carbocycles. The smallest absolute Gasteiger partial charge is 0.269 e. The van der Waals surface area contributed by atoms with Crippen molar-refractivity contribution in [3.05, 3.63) is 94.5 Å². The molecule has 1 unspecified atom stereocenters. The highest BCUT2D eigenvalue weighted by atomic mass is 16.2. The van der Waals surface area contributed by atoms with Crippen molar-refractivity contribution >= 4 is 11.7 Å². The third kappa shape index (κ3) is 3.45. The summed E-state index contributed by atoms with van der Waals surface area (Å²) in [5.41, 5.74) is 6.36. The van der Waals surface area contributed by atoms with E-state index >= 15 is 0 Å². The van der Waals surface area contributed by atoms with E-state index < -0.39 is 5.41 Å². The minimum Gasteiger partial charge on any atom is -0.298 e. The Bertz CT molecular complexity index is 1310. The van der Waals surface area contributed by atoms with Crippen LogP contribution in [0.4, 0.5) is 0 Å². The van der Waals surface area contributed by atoms with Crippen molar-refractivity contribution in [2.24, 2.45) is 0 Å². The van der Waals surface area contributed by atoms with Gasteiger partial charge in [0.25, 0.3) is 5.91 Å². The summed E-state index contributed by atoms with van der Waals surface area (Å²) in [6, 6.07) is 22.9. The predicted molar refractivity (Wildman–Crippen MR) is 147 cm³/mol. The van der Waals surface area contributed by atoms with Gasteiger partial charge in [-0.3, -0.25) is 14.6 Å². The summed E-state index contributed by atoms with van der Waals surface area (Å²) < 4.78 is 0. The van der Waals surface area contributed by atoms with Crippen molar-refractivity contribution in [1.29, 1.82) is 0 Å². The Balaban J connectivity index is 1.64. The number of fused-ring (bicyclic) bond motifs is 4. The van der Waals surface area contributed by atoms with Crippen LogP contribution in [0, 0.1) is 0 Å². The standard InChI is InChI=1S/C33H36N2O2/c1-3-5-19-29-31-25(32(37)35(29)34-21-12-22-34)15-11-18-28(31)33(30(36)20-6-4-2)26-16-9-7-13-23(26)24-14-8-10-17-27(24)33/h7-11,13-18,29H,3-6,12,19-22H2,1-2H3. The number of unbranched alkanes of at least 4 members (excludes halogenated alkanes) is 2. The molecular weight excluding hydrogens is 456 g/mol. The summed E-state index contributed by atoms with van der Waals surface area (Å²) in [4.78, 5) is 28.5.